The van der Waals surface area contributed by atoms with Gasteiger partial charge in [0.1, 0.15) is 0 Å². The van der Waals surface area contributed by atoms with E-state index in [0.717, 1.165) is 16.3 Å². The normalized spacial score (nSPS) is 15.1. The molecule has 0 saturated carbocycles. The van der Waals surface area contributed by atoms with Gasteiger partial charge in [-0.3, -0.25) is 4.79 Å². The highest BCUT2D eigenvalue weighted by Gasteiger charge is 2.27. The van der Waals surface area contributed by atoms with E-state index >= 15 is 0 Å². The van der Waals surface area contributed by atoms with Crippen LogP contribution in [0.15, 0.2) is 33.1 Å². The van der Waals surface area contributed by atoms with E-state index in [0.29, 0.717) is 13.1 Å². The van der Waals surface area contributed by atoms with Gasteiger partial charge in [0.15, 0.2) is 5.76 Å². The van der Waals surface area contributed by atoms with Crippen LogP contribution >= 0.6 is 11.3 Å². The number of hydrogen-bond acceptors (Lipinski definition) is 5. The van der Waals surface area contributed by atoms with Gasteiger partial charge in [-0.05, 0) is 35.6 Å². The molecule has 3 heterocycles. The van der Waals surface area contributed by atoms with Gasteiger partial charge in [-0.25, -0.2) is 12.7 Å². The molecule has 0 radical (unpaired) electrons. The lowest BCUT2D eigenvalue weighted by Crippen LogP contribution is -2.35. The number of carbonyl (C=O) groups is 1. The van der Waals surface area contributed by atoms with Crippen molar-refractivity contribution >= 4 is 27.3 Å². The van der Waals surface area contributed by atoms with Gasteiger partial charge in [-0.2, -0.15) is 0 Å². The SMILES string of the molecule is CN(C)S(=O)(=O)c1ccc(C(=O)N2CCc3sccc3C2)o1. The first-order valence-corrected chi connectivity index (χ1v) is 9.08. The molecule has 0 atom stereocenters. The van der Waals surface area contributed by atoms with E-state index in [1.54, 1.807) is 16.2 Å². The number of furan rings is 1. The van der Waals surface area contributed by atoms with Crippen LogP contribution in [0.4, 0.5) is 0 Å². The summed E-state index contributed by atoms with van der Waals surface area (Å²) in [6.45, 7) is 1.15. The van der Waals surface area contributed by atoms with Crippen LogP contribution in [0, 0.1) is 0 Å². The summed E-state index contributed by atoms with van der Waals surface area (Å²) < 4.78 is 30.3. The van der Waals surface area contributed by atoms with Gasteiger partial charge in [0.2, 0.25) is 5.09 Å². The van der Waals surface area contributed by atoms with Gasteiger partial charge < -0.3 is 9.32 Å². The molecule has 3 rings (SSSR count). The second-order valence-corrected chi connectivity index (χ2v) is 8.34. The number of nitrogens with zero attached hydrogens (tertiary/aromatic N) is 2. The van der Waals surface area contributed by atoms with Crippen molar-refractivity contribution in [3.8, 4) is 0 Å². The average Bonchev–Trinajstić information content (AvgIpc) is 3.14. The zero-order valence-electron chi connectivity index (χ0n) is 12.3. The third-order valence-corrected chi connectivity index (χ3v) is 6.33. The molecule has 118 valence electrons. The van der Waals surface area contributed by atoms with Crippen molar-refractivity contribution in [2.45, 2.75) is 18.1 Å². The van der Waals surface area contributed by atoms with Crippen LogP contribution in [0.5, 0.6) is 0 Å². The fraction of sp³-hybridized carbons (Fsp3) is 0.357. The standard InChI is InChI=1S/C14H16N2O4S2/c1-15(2)22(18,19)13-4-3-11(20-13)14(17)16-7-5-12-10(9-16)6-8-21-12/h3-4,6,8H,5,7,9H2,1-2H3. The summed E-state index contributed by atoms with van der Waals surface area (Å²) in [6.07, 6.45) is 0.822. The smallest absolute Gasteiger partial charge is 0.289 e. The lowest BCUT2D eigenvalue weighted by molar-refractivity contribution is 0.0697. The summed E-state index contributed by atoms with van der Waals surface area (Å²) in [7, 11) is -0.825. The molecule has 1 amide bonds. The van der Waals surface area contributed by atoms with Crippen molar-refractivity contribution in [3.05, 3.63) is 39.8 Å². The highest BCUT2D eigenvalue weighted by molar-refractivity contribution is 7.88. The lowest BCUT2D eigenvalue weighted by Gasteiger charge is -2.26. The monoisotopic (exact) mass is 340 g/mol. The van der Waals surface area contributed by atoms with Gasteiger partial charge >= 0.3 is 0 Å². The predicted octanol–water partition coefficient (Wildman–Crippen LogP) is 1.79. The van der Waals surface area contributed by atoms with Gasteiger partial charge in [0.05, 0.1) is 0 Å². The van der Waals surface area contributed by atoms with Crippen molar-refractivity contribution in [2.24, 2.45) is 0 Å². The minimum absolute atomic E-state index is 0.0547. The third-order valence-electron chi connectivity index (χ3n) is 3.62. The predicted molar refractivity (Wildman–Crippen MR) is 82.3 cm³/mol. The quantitative estimate of drug-likeness (QED) is 0.854. The van der Waals surface area contributed by atoms with Crippen LogP contribution in [0.2, 0.25) is 0 Å². The van der Waals surface area contributed by atoms with Crippen LogP contribution in [-0.4, -0.2) is 44.2 Å². The number of thiophene rings is 1. The molecule has 8 heteroatoms. The molecule has 0 saturated heterocycles. The molecular weight excluding hydrogens is 324 g/mol. The molecule has 0 N–H and O–H groups in total. The van der Waals surface area contributed by atoms with Crippen LogP contribution in [0.1, 0.15) is 21.0 Å². The maximum Gasteiger partial charge on any atom is 0.289 e. The summed E-state index contributed by atoms with van der Waals surface area (Å²) in [5.41, 5.74) is 1.15. The Morgan fingerprint density at radius 2 is 2.09 bits per heavy atom. The molecule has 22 heavy (non-hydrogen) atoms. The van der Waals surface area contributed by atoms with E-state index in [1.165, 1.54) is 31.1 Å². The Labute approximate surface area is 133 Å². The fourth-order valence-electron chi connectivity index (χ4n) is 2.33. The molecule has 0 aliphatic carbocycles. The van der Waals surface area contributed by atoms with E-state index < -0.39 is 10.0 Å². The van der Waals surface area contributed by atoms with Crippen molar-refractivity contribution in [3.63, 3.8) is 0 Å². The van der Waals surface area contributed by atoms with E-state index in [9.17, 15) is 13.2 Å². The van der Waals surface area contributed by atoms with Gasteiger partial charge in [0, 0.05) is 32.1 Å². The second-order valence-electron chi connectivity index (χ2n) is 5.25. The molecule has 0 spiro atoms. The van der Waals surface area contributed by atoms with Crippen LogP contribution < -0.4 is 0 Å². The number of hydrogen-bond donors (Lipinski definition) is 0. The maximum absolute atomic E-state index is 12.5. The van der Waals surface area contributed by atoms with Crippen LogP contribution in [-0.2, 0) is 23.0 Å². The number of amides is 1. The summed E-state index contributed by atoms with van der Waals surface area (Å²) in [4.78, 5) is 15.5. The molecule has 0 bridgehead atoms. The summed E-state index contributed by atoms with van der Waals surface area (Å²) in [5, 5.41) is 1.81. The van der Waals surface area contributed by atoms with E-state index in [1.807, 2.05) is 11.4 Å². The molecule has 1 aliphatic rings. The molecule has 2 aromatic heterocycles. The second kappa shape index (κ2) is 5.53. The van der Waals surface area contributed by atoms with E-state index in [2.05, 4.69) is 0 Å². The fourth-order valence-corrected chi connectivity index (χ4v) is 4.02. The minimum atomic E-state index is -3.66. The average molecular weight is 340 g/mol. The molecule has 0 aromatic carbocycles. The largest absolute Gasteiger partial charge is 0.438 e. The lowest BCUT2D eigenvalue weighted by atomic mass is 10.1. The molecular formula is C14H16N2O4S2. The Balaban J connectivity index is 1.81. The first-order valence-electron chi connectivity index (χ1n) is 6.76. The van der Waals surface area contributed by atoms with Gasteiger partial charge in [-0.1, -0.05) is 0 Å². The van der Waals surface area contributed by atoms with E-state index in [4.69, 9.17) is 4.42 Å². The first kappa shape index (κ1) is 15.3. The molecule has 1 aliphatic heterocycles. The zero-order valence-corrected chi connectivity index (χ0v) is 13.9. The van der Waals surface area contributed by atoms with Gasteiger partial charge in [-0.15, -0.1) is 11.3 Å². The Bertz CT molecular complexity index is 804. The molecule has 6 nitrogen and oxygen atoms in total. The summed E-state index contributed by atoms with van der Waals surface area (Å²) in [5.74, 6) is -0.226. The number of fused-ring (bicyclic) bond motifs is 1. The van der Waals surface area contributed by atoms with E-state index in [-0.39, 0.29) is 16.8 Å². The number of carbonyl (C=O) groups excluding carboxylic acids is 1. The minimum Gasteiger partial charge on any atom is -0.438 e. The molecule has 0 unspecified atom stereocenters. The Kier molecular flexibility index (Phi) is 3.84. The topological polar surface area (TPSA) is 70.8 Å². The highest BCUT2D eigenvalue weighted by atomic mass is 32.2. The maximum atomic E-state index is 12.5. The Morgan fingerprint density at radius 3 is 2.82 bits per heavy atom. The molecule has 0 fully saturated rings. The van der Waals surface area contributed by atoms with Gasteiger partial charge in [0.25, 0.3) is 15.9 Å². The Morgan fingerprint density at radius 1 is 1.32 bits per heavy atom. The Hall–Kier alpha value is -1.64. The highest BCUT2D eigenvalue weighted by Crippen LogP contribution is 2.26. The van der Waals surface area contributed by atoms with Crippen LogP contribution in [0.3, 0.4) is 0 Å². The third kappa shape index (κ3) is 2.57. The number of sulfonamides is 1. The number of rotatable bonds is 3. The zero-order chi connectivity index (χ0) is 15.9. The van der Waals surface area contributed by atoms with Crippen LogP contribution in [0.25, 0.3) is 0 Å². The van der Waals surface area contributed by atoms with Crippen molar-refractivity contribution in [2.75, 3.05) is 20.6 Å². The first-order chi connectivity index (χ1) is 10.4. The van der Waals surface area contributed by atoms with Crippen molar-refractivity contribution in [1.29, 1.82) is 0 Å². The summed E-state index contributed by atoms with van der Waals surface area (Å²) in [6, 6.07) is 4.76. The molecule has 2 aromatic rings. The van der Waals surface area contributed by atoms with Crippen molar-refractivity contribution < 1.29 is 17.6 Å². The summed E-state index contributed by atoms with van der Waals surface area (Å²) >= 11 is 1.70. The van der Waals surface area contributed by atoms with Crippen molar-refractivity contribution in [1.82, 2.24) is 9.21 Å².